The summed E-state index contributed by atoms with van der Waals surface area (Å²) in [5, 5.41) is 11.8. The van der Waals surface area contributed by atoms with Gasteiger partial charge >= 0.3 is 0 Å². The average Bonchev–Trinajstić information content (AvgIpc) is 3.26. The molecule has 5 heterocycles. The standard InChI is InChI=1S/C19H17N7O2/c1-26-9-11-2-3-15-18-16(24-23-15)8-21-19(22-18)13-6-17(27)20-7-12(13)10-28-5-4-14(11)25-26/h2-3,6-9H,4-5,10H2,1H3,(H,20,27)(H,23,24)/b3-2+. The van der Waals surface area contributed by atoms with Gasteiger partial charge in [0.25, 0.3) is 0 Å². The van der Waals surface area contributed by atoms with Crippen LogP contribution in [0.5, 0.6) is 0 Å². The van der Waals surface area contributed by atoms with Crippen molar-refractivity contribution in [1.29, 1.82) is 0 Å². The summed E-state index contributed by atoms with van der Waals surface area (Å²) in [4.78, 5) is 23.7. The van der Waals surface area contributed by atoms with Crippen LogP contribution in [0.1, 0.15) is 22.5 Å². The van der Waals surface area contributed by atoms with Crippen molar-refractivity contribution in [3.63, 3.8) is 0 Å². The number of hydrogen-bond acceptors (Lipinski definition) is 6. The normalized spacial score (nSPS) is 15.2. The zero-order valence-corrected chi connectivity index (χ0v) is 15.1. The van der Waals surface area contributed by atoms with E-state index in [1.54, 1.807) is 17.1 Å². The summed E-state index contributed by atoms with van der Waals surface area (Å²) in [6, 6.07) is 1.50. The summed E-state index contributed by atoms with van der Waals surface area (Å²) in [5.74, 6) is 0.465. The van der Waals surface area contributed by atoms with E-state index < -0.39 is 0 Å². The fourth-order valence-corrected chi connectivity index (χ4v) is 3.31. The molecule has 0 unspecified atom stereocenters. The van der Waals surface area contributed by atoms with Crippen molar-refractivity contribution in [2.75, 3.05) is 6.61 Å². The van der Waals surface area contributed by atoms with Crippen molar-refractivity contribution in [3.8, 4) is 11.4 Å². The smallest absolute Gasteiger partial charge is 0.248 e. The molecule has 28 heavy (non-hydrogen) atoms. The Morgan fingerprint density at radius 1 is 1.29 bits per heavy atom. The second-order valence-corrected chi connectivity index (χ2v) is 6.64. The van der Waals surface area contributed by atoms with Crippen LogP contribution >= 0.6 is 0 Å². The lowest BCUT2D eigenvalue weighted by molar-refractivity contribution is 0.123. The van der Waals surface area contributed by atoms with Crippen LogP contribution in [0.2, 0.25) is 0 Å². The summed E-state index contributed by atoms with van der Waals surface area (Å²) in [7, 11) is 1.89. The highest BCUT2D eigenvalue weighted by Crippen LogP contribution is 2.23. The number of pyridine rings is 1. The van der Waals surface area contributed by atoms with Crippen LogP contribution in [0.3, 0.4) is 0 Å². The number of rotatable bonds is 0. The monoisotopic (exact) mass is 375 g/mol. The first kappa shape index (κ1) is 16.6. The molecule has 0 atom stereocenters. The number of nitrogens with one attached hydrogen (secondary N) is 2. The Bertz CT molecular complexity index is 1270. The van der Waals surface area contributed by atoms with Gasteiger partial charge in [-0.15, -0.1) is 0 Å². The van der Waals surface area contributed by atoms with Gasteiger partial charge in [0, 0.05) is 48.6 Å². The van der Waals surface area contributed by atoms with E-state index in [0.717, 1.165) is 22.3 Å². The number of fused-ring (bicyclic) bond motifs is 4. The molecule has 2 N–H and O–H groups in total. The topological polar surface area (TPSA) is 114 Å². The molecule has 5 rings (SSSR count). The summed E-state index contributed by atoms with van der Waals surface area (Å²) >= 11 is 0. The van der Waals surface area contributed by atoms with Crippen molar-refractivity contribution in [3.05, 3.63) is 57.5 Å². The van der Waals surface area contributed by atoms with E-state index in [9.17, 15) is 4.79 Å². The minimum absolute atomic E-state index is 0.214. The lowest BCUT2D eigenvalue weighted by atomic mass is 10.1. The number of ether oxygens (including phenoxy) is 1. The van der Waals surface area contributed by atoms with Gasteiger partial charge in [-0.25, -0.2) is 9.97 Å². The van der Waals surface area contributed by atoms with E-state index in [1.165, 1.54) is 6.07 Å². The van der Waals surface area contributed by atoms with Crippen LogP contribution in [0.15, 0.2) is 29.5 Å². The SMILES string of the molecule is Cn1cc2c(n1)CCOCc1c[nH]c(=O)cc1-c1ncc3[nH]nc(c3n1)/C=C/2. The highest BCUT2D eigenvalue weighted by atomic mass is 16.5. The van der Waals surface area contributed by atoms with Crippen LogP contribution in [-0.4, -0.2) is 41.5 Å². The molecular weight excluding hydrogens is 358 g/mol. The number of aryl methyl sites for hydroxylation is 1. The highest BCUT2D eigenvalue weighted by molar-refractivity contribution is 5.87. The lowest BCUT2D eigenvalue weighted by Crippen LogP contribution is -2.09. The molecule has 4 aromatic rings. The Kier molecular flexibility index (Phi) is 3.87. The maximum absolute atomic E-state index is 11.9. The molecule has 2 bridgehead atoms. The summed E-state index contributed by atoms with van der Waals surface area (Å²) in [6.45, 7) is 0.841. The van der Waals surface area contributed by atoms with Gasteiger partial charge in [-0.1, -0.05) is 0 Å². The van der Waals surface area contributed by atoms with Crippen molar-refractivity contribution in [2.24, 2.45) is 7.05 Å². The van der Waals surface area contributed by atoms with Gasteiger partial charge in [0.2, 0.25) is 5.56 Å². The second kappa shape index (κ2) is 6.54. The highest BCUT2D eigenvalue weighted by Gasteiger charge is 2.14. The number of nitrogens with zero attached hydrogens (tertiary/aromatic N) is 5. The van der Waals surface area contributed by atoms with Gasteiger partial charge in [0.15, 0.2) is 5.82 Å². The number of aromatic nitrogens is 7. The molecule has 0 aromatic carbocycles. The van der Waals surface area contributed by atoms with E-state index >= 15 is 0 Å². The van der Waals surface area contributed by atoms with Gasteiger partial charge in [0.05, 0.1) is 25.1 Å². The fraction of sp³-hybridized carbons (Fsp3) is 0.211. The Balaban J connectivity index is 1.70. The number of hydrogen-bond donors (Lipinski definition) is 2. The second-order valence-electron chi connectivity index (χ2n) is 6.64. The van der Waals surface area contributed by atoms with Crippen LogP contribution < -0.4 is 5.56 Å². The molecule has 9 nitrogen and oxygen atoms in total. The maximum atomic E-state index is 11.9. The first-order chi connectivity index (χ1) is 13.7. The molecule has 9 heteroatoms. The maximum Gasteiger partial charge on any atom is 0.248 e. The van der Waals surface area contributed by atoms with E-state index in [2.05, 4.69) is 30.2 Å². The minimum atomic E-state index is -0.214. The predicted octanol–water partition coefficient (Wildman–Crippen LogP) is 1.68. The van der Waals surface area contributed by atoms with Gasteiger partial charge < -0.3 is 9.72 Å². The molecule has 0 saturated carbocycles. The minimum Gasteiger partial charge on any atom is -0.376 e. The Labute approximate surface area is 159 Å². The van der Waals surface area contributed by atoms with Gasteiger partial charge in [-0.05, 0) is 12.2 Å². The fourth-order valence-electron chi connectivity index (χ4n) is 3.31. The van der Waals surface area contributed by atoms with Gasteiger partial charge in [-0.2, -0.15) is 10.2 Å². The summed E-state index contributed by atoms with van der Waals surface area (Å²) < 4.78 is 7.64. The quantitative estimate of drug-likeness (QED) is 0.483. The predicted molar refractivity (Wildman–Crippen MR) is 103 cm³/mol. The van der Waals surface area contributed by atoms with Crippen molar-refractivity contribution in [1.82, 2.24) is 34.9 Å². The molecule has 0 aliphatic carbocycles. The molecule has 0 saturated heterocycles. The third kappa shape index (κ3) is 2.91. The van der Waals surface area contributed by atoms with Crippen molar-refractivity contribution in [2.45, 2.75) is 13.0 Å². The van der Waals surface area contributed by atoms with Gasteiger partial charge in [0.1, 0.15) is 16.7 Å². The third-order valence-corrected chi connectivity index (χ3v) is 4.68. The molecule has 0 amide bonds. The lowest BCUT2D eigenvalue weighted by Gasteiger charge is -2.09. The molecule has 140 valence electrons. The zero-order valence-electron chi connectivity index (χ0n) is 15.1. The Morgan fingerprint density at radius 2 is 2.21 bits per heavy atom. The largest absolute Gasteiger partial charge is 0.376 e. The van der Waals surface area contributed by atoms with Crippen LogP contribution in [-0.2, 0) is 24.8 Å². The zero-order chi connectivity index (χ0) is 19.1. The van der Waals surface area contributed by atoms with Crippen molar-refractivity contribution < 1.29 is 4.74 Å². The molecule has 0 spiro atoms. The Hall–Kier alpha value is -3.59. The number of aromatic amines is 2. The van der Waals surface area contributed by atoms with Crippen LogP contribution in [0.4, 0.5) is 0 Å². The molecule has 0 fully saturated rings. The van der Waals surface area contributed by atoms with E-state index in [-0.39, 0.29) is 5.56 Å². The molecule has 1 aliphatic rings. The molecule has 1 aliphatic heterocycles. The Morgan fingerprint density at radius 3 is 3.14 bits per heavy atom. The summed E-state index contributed by atoms with van der Waals surface area (Å²) in [6.07, 6.45) is 9.85. The third-order valence-electron chi connectivity index (χ3n) is 4.68. The first-order valence-electron chi connectivity index (χ1n) is 8.89. The van der Waals surface area contributed by atoms with Crippen molar-refractivity contribution >= 4 is 23.2 Å². The molecule has 4 aromatic heterocycles. The van der Waals surface area contributed by atoms with Gasteiger partial charge in [-0.3, -0.25) is 14.6 Å². The van der Waals surface area contributed by atoms with E-state index in [4.69, 9.17) is 4.74 Å². The van der Waals surface area contributed by atoms with E-state index in [0.29, 0.717) is 42.2 Å². The molecule has 0 radical (unpaired) electrons. The number of H-pyrrole nitrogens is 2. The average molecular weight is 375 g/mol. The first-order valence-corrected chi connectivity index (χ1v) is 8.89. The molecular formula is C19H17N7O2. The van der Waals surface area contributed by atoms with E-state index in [1.807, 2.05) is 25.4 Å². The summed E-state index contributed by atoms with van der Waals surface area (Å²) in [5.41, 5.74) is 5.34. The van der Waals surface area contributed by atoms with Crippen LogP contribution in [0.25, 0.3) is 34.6 Å². The van der Waals surface area contributed by atoms with Crippen LogP contribution in [0, 0.1) is 0 Å².